The lowest BCUT2D eigenvalue weighted by atomic mass is 10.1. The molecule has 0 radical (unpaired) electrons. The fourth-order valence-corrected chi connectivity index (χ4v) is 2.19. The van der Waals surface area contributed by atoms with Gasteiger partial charge < -0.3 is 5.32 Å². The molecule has 1 heterocycles. The molecule has 1 aromatic heterocycles. The molecular weight excluding hydrogens is 286 g/mol. The third-order valence-electron chi connectivity index (χ3n) is 3.23. The molecule has 0 unspecified atom stereocenters. The average molecular weight is 301 g/mol. The molecule has 23 heavy (non-hydrogen) atoms. The molecule has 4 nitrogen and oxygen atoms in total. The van der Waals surface area contributed by atoms with E-state index in [-0.39, 0.29) is 5.91 Å². The summed E-state index contributed by atoms with van der Waals surface area (Å²) in [5, 5.41) is 9.87. The number of hydrogen-bond acceptors (Lipinski definition) is 2. The molecule has 2 N–H and O–H groups in total. The second kappa shape index (κ2) is 6.63. The molecular formula is C19H15N3O. The molecule has 2 aromatic carbocycles. The summed E-state index contributed by atoms with van der Waals surface area (Å²) in [6, 6.07) is 19.5. The Balaban J connectivity index is 2.07. The van der Waals surface area contributed by atoms with Gasteiger partial charge in [0.25, 0.3) is 0 Å². The third kappa shape index (κ3) is 3.47. The first kappa shape index (κ1) is 14.6. The Labute approximate surface area is 134 Å². The summed E-state index contributed by atoms with van der Waals surface area (Å²) in [7, 11) is 0. The Bertz CT molecular complexity index is 871. The summed E-state index contributed by atoms with van der Waals surface area (Å²) in [4.78, 5) is 11.4. The van der Waals surface area contributed by atoms with E-state index < -0.39 is 0 Å². The van der Waals surface area contributed by atoms with Gasteiger partial charge in [0, 0.05) is 18.1 Å². The molecule has 0 aliphatic heterocycles. The Morgan fingerprint density at radius 1 is 1.00 bits per heavy atom. The van der Waals surface area contributed by atoms with Gasteiger partial charge in [0.05, 0.1) is 11.3 Å². The first-order valence-corrected chi connectivity index (χ1v) is 7.22. The fraction of sp³-hybridized carbons (Fsp3) is 0.0526. The molecule has 0 aliphatic carbocycles. The van der Waals surface area contributed by atoms with E-state index in [1.165, 1.54) is 6.92 Å². The Kier molecular flexibility index (Phi) is 4.21. The smallest absolute Gasteiger partial charge is 0.222 e. The minimum Gasteiger partial charge on any atom is -0.308 e. The first-order valence-electron chi connectivity index (χ1n) is 7.22. The number of benzene rings is 2. The van der Waals surface area contributed by atoms with Gasteiger partial charge in [0.15, 0.2) is 5.82 Å². The molecule has 0 saturated carbocycles. The van der Waals surface area contributed by atoms with Crippen molar-refractivity contribution >= 4 is 11.7 Å². The fourth-order valence-electron chi connectivity index (χ4n) is 2.19. The van der Waals surface area contributed by atoms with Crippen molar-refractivity contribution in [2.75, 3.05) is 5.32 Å². The molecule has 0 fully saturated rings. The minimum absolute atomic E-state index is 0.182. The topological polar surface area (TPSA) is 57.8 Å². The molecule has 3 aromatic rings. The second-order valence-corrected chi connectivity index (χ2v) is 4.99. The van der Waals surface area contributed by atoms with E-state index in [0.717, 1.165) is 16.8 Å². The maximum atomic E-state index is 11.4. The molecule has 4 heteroatoms. The summed E-state index contributed by atoms with van der Waals surface area (Å²) >= 11 is 0. The molecule has 0 saturated heterocycles. The van der Waals surface area contributed by atoms with Gasteiger partial charge in [0.2, 0.25) is 5.91 Å². The van der Waals surface area contributed by atoms with Crippen LogP contribution in [0.5, 0.6) is 0 Å². The summed E-state index contributed by atoms with van der Waals surface area (Å²) in [5.41, 5.74) is 3.34. The van der Waals surface area contributed by atoms with Crippen LogP contribution in [0.25, 0.3) is 11.3 Å². The van der Waals surface area contributed by atoms with E-state index in [1.54, 1.807) is 0 Å². The number of H-pyrrole nitrogens is 1. The van der Waals surface area contributed by atoms with Crippen LogP contribution >= 0.6 is 0 Å². The molecule has 112 valence electrons. The van der Waals surface area contributed by atoms with Crippen LogP contribution in [-0.4, -0.2) is 16.1 Å². The summed E-state index contributed by atoms with van der Waals surface area (Å²) in [6.07, 6.45) is 0. The summed E-state index contributed by atoms with van der Waals surface area (Å²) in [5.74, 6) is 6.50. The largest absolute Gasteiger partial charge is 0.308 e. The lowest BCUT2D eigenvalue weighted by molar-refractivity contribution is -0.114. The Morgan fingerprint density at radius 3 is 2.30 bits per heavy atom. The van der Waals surface area contributed by atoms with Gasteiger partial charge in [-0.25, -0.2) is 0 Å². The maximum absolute atomic E-state index is 11.4. The highest BCUT2D eigenvalue weighted by Gasteiger charge is 2.13. The van der Waals surface area contributed by atoms with E-state index in [9.17, 15) is 4.79 Å². The van der Waals surface area contributed by atoms with Crippen LogP contribution in [0.4, 0.5) is 5.82 Å². The third-order valence-corrected chi connectivity index (χ3v) is 3.23. The van der Waals surface area contributed by atoms with Crippen molar-refractivity contribution in [3.8, 4) is 23.1 Å². The number of aromatic nitrogens is 2. The minimum atomic E-state index is -0.182. The standard InChI is InChI=1S/C19H15N3O/c1-14(23)20-19-17(13-12-15-8-4-2-5-9-15)18(21-22-19)16-10-6-3-7-11-16/h2-11H,1H3,(H2,20,21,22,23). The first-order chi connectivity index (χ1) is 11.2. The number of aromatic amines is 1. The zero-order chi connectivity index (χ0) is 16.1. The zero-order valence-electron chi connectivity index (χ0n) is 12.6. The van der Waals surface area contributed by atoms with Gasteiger partial charge in [-0.1, -0.05) is 60.4 Å². The molecule has 0 spiro atoms. The quantitative estimate of drug-likeness (QED) is 0.712. The van der Waals surface area contributed by atoms with Crippen molar-refractivity contribution in [3.63, 3.8) is 0 Å². The van der Waals surface area contributed by atoms with E-state index in [4.69, 9.17) is 0 Å². The highest BCUT2D eigenvalue weighted by Crippen LogP contribution is 2.25. The highest BCUT2D eigenvalue weighted by atomic mass is 16.1. The number of nitrogens with zero attached hydrogens (tertiary/aromatic N) is 1. The molecule has 0 aliphatic rings. The number of carbonyl (C=O) groups excluding carboxylic acids is 1. The molecule has 3 rings (SSSR count). The monoisotopic (exact) mass is 301 g/mol. The Morgan fingerprint density at radius 2 is 1.65 bits per heavy atom. The van der Waals surface area contributed by atoms with Crippen LogP contribution < -0.4 is 5.32 Å². The van der Waals surface area contributed by atoms with Crippen LogP contribution in [0.15, 0.2) is 60.7 Å². The molecule has 0 atom stereocenters. The van der Waals surface area contributed by atoms with Crippen LogP contribution in [0.2, 0.25) is 0 Å². The molecule has 0 bridgehead atoms. The van der Waals surface area contributed by atoms with E-state index in [0.29, 0.717) is 11.4 Å². The number of hydrogen-bond donors (Lipinski definition) is 2. The number of rotatable bonds is 2. The predicted octanol–water partition coefficient (Wildman–Crippen LogP) is 3.43. The van der Waals surface area contributed by atoms with Crippen molar-refractivity contribution in [3.05, 3.63) is 71.8 Å². The van der Waals surface area contributed by atoms with Crippen molar-refractivity contribution in [1.82, 2.24) is 10.2 Å². The van der Waals surface area contributed by atoms with Gasteiger partial charge in [-0.2, -0.15) is 5.10 Å². The normalized spacial score (nSPS) is 9.78. The summed E-state index contributed by atoms with van der Waals surface area (Å²) in [6.45, 7) is 1.45. The van der Waals surface area contributed by atoms with Gasteiger partial charge in [-0.15, -0.1) is 0 Å². The lowest BCUT2D eigenvalue weighted by Gasteiger charge is -2.00. The average Bonchev–Trinajstić information content (AvgIpc) is 2.96. The van der Waals surface area contributed by atoms with Gasteiger partial charge in [-0.3, -0.25) is 9.89 Å². The SMILES string of the molecule is CC(=O)Nc1n[nH]c(-c2ccccc2)c1C#Cc1ccccc1. The number of carbonyl (C=O) groups is 1. The van der Waals surface area contributed by atoms with Crippen molar-refractivity contribution in [2.45, 2.75) is 6.92 Å². The molecule has 1 amide bonds. The van der Waals surface area contributed by atoms with Crippen molar-refractivity contribution in [2.24, 2.45) is 0 Å². The zero-order valence-corrected chi connectivity index (χ0v) is 12.6. The van der Waals surface area contributed by atoms with Crippen molar-refractivity contribution < 1.29 is 4.79 Å². The van der Waals surface area contributed by atoms with Crippen LogP contribution in [-0.2, 0) is 4.79 Å². The van der Waals surface area contributed by atoms with Crippen LogP contribution in [0.1, 0.15) is 18.1 Å². The van der Waals surface area contributed by atoms with E-state index in [1.807, 2.05) is 60.7 Å². The lowest BCUT2D eigenvalue weighted by Crippen LogP contribution is -2.07. The number of anilines is 1. The van der Waals surface area contributed by atoms with E-state index >= 15 is 0 Å². The predicted molar refractivity (Wildman–Crippen MR) is 90.7 cm³/mol. The van der Waals surface area contributed by atoms with Crippen LogP contribution in [0, 0.1) is 11.8 Å². The van der Waals surface area contributed by atoms with Gasteiger partial charge in [-0.05, 0) is 12.1 Å². The number of amides is 1. The van der Waals surface area contributed by atoms with Gasteiger partial charge >= 0.3 is 0 Å². The van der Waals surface area contributed by atoms with E-state index in [2.05, 4.69) is 27.4 Å². The number of nitrogens with one attached hydrogen (secondary N) is 2. The second-order valence-electron chi connectivity index (χ2n) is 4.99. The van der Waals surface area contributed by atoms with Gasteiger partial charge in [0.1, 0.15) is 0 Å². The highest BCUT2D eigenvalue weighted by molar-refractivity contribution is 5.91. The Hall–Kier alpha value is -3.32. The summed E-state index contributed by atoms with van der Waals surface area (Å²) < 4.78 is 0. The van der Waals surface area contributed by atoms with Crippen molar-refractivity contribution in [1.29, 1.82) is 0 Å². The maximum Gasteiger partial charge on any atom is 0.222 e. The van der Waals surface area contributed by atoms with Crippen LogP contribution in [0.3, 0.4) is 0 Å².